The van der Waals surface area contributed by atoms with Crippen LogP contribution in [0.1, 0.15) is 5.56 Å². The predicted molar refractivity (Wildman–Crippen MR) is 64.9 cm³/mol. The molecule has 0 spiro atoms. The van der Waals surface area contributed by atoms with Crippen LogP contribution in [0.15, 0.2) is 36.4 Å². The van der Waals surface area contributed by atoms with Gasteiger partial charge in [0.15, 0.2) is 0 Å². The number of nitrogens with two attached hydrogens (primary N) is 1. The second-order valence-electron chi connectivity index (χ2n) is 3.97. The molecule has 0 radical (unpaired) electrons. The van der Waals surface area contributed by atoms with Crippen molar-refractivity contribution >= 4 is 16.7 Å². The Morgan fingerprint density at radius 2 is 2.00 bits per heavy atom. The SMILES string of the molecule is NC(Cc1cc(O)cc2ccccc12)C(=O)O. The molecular formula is C13H13NO3. The second kappa shape index (κ2) is 4.43. The van der Waals surface area contributed by atoms with Gasteiger partial charge in [-0.25, -0.2) is 0 Å². The summed E-state index contributed by atoms with van der Waals surface area (Å²) < 4.78 is 0. The molecule has 0 fully saturated rings. The van der Waals surface area contributed by atoms with E-state index in [2.05, 4.69) is 0 Å². The molecule has 2 rings (SSSR count). The highest BCUT2D eigenvalue weighted by atomic mass is 16.4. The average molecular weight is 231 g/mol. The van der Waals surface area contributed by atoms with Crippen molar-refractivity contribution < 1.29 is 15.0 Å². The van der Waals surface area contributed by atoms with Gasteiger partial charge in [0.1, 0.15) is 11.8 Å². The Labute approximate surface area is 98.3 Å². The van der Waals surface area contributed by atoms with Crippen molar-refractivity contribution in [3.63, 3.8) is 0 Å². The zero-order valence-corrected chi connectivity index (χ0v) is 9.13. The number of aromatic hydroxyl groups is 1. The van der Waals surface area contributed by atoms with Gasteiger partial charge in [0.25, 0.3) is 0 Å². The monoisotopic (exact) mass is 231 g/mol. The van der Waals surface area contributed by atoms with Crippen LogP contribution in [-0.2, 0) is 11.2 Å². The Balaban J connectivity index is 2.49. The van der Waals surface area contributed by atoms with Crippen LogP contribution in [0.5, 0.6) is 5.75 Å². The first-order valence-corrected chi connectivity index (χ1v) is 5.27. The highest BCUT2D eigenvalue weighted by molar-refractivity contribution is 5.87. The fourth-order valence-corrected chi connectivity index (χ4v) is 1.87. The van der Waals surface area contributed by atoms with Crippen LogP contribution in [0.4, 0.5) is 0 Å². The van der Waals surface area contributed by atoms with Gasteiger partial charge in [-0.1, -0.05) is 24.3 Å². The number of phenols is 1. The third-order valence-electron chi connectivity index (χ3n) is 2.69. The number of rotatable bonds is 3. The van der Waals surface area contributed by atoms with Gasteiger partial charge in [0.2, 0.25) is 0 Å². The minimum Gasteiger partial charge on any atom is -0.508 e. The lowest BCUT2D eigenvalue weighted by atomic mass is 9.98. The molecule has 0 saturated heterocycles. The first-order valence-electron chi connectivity index (χ1n) is 5.27. The molecule has 4 heteroatoms. The third-order valence-corrected chi connectivity index (χ3v) is 2.69. The summed E-state index contributed by atoms with van der Waals surface area (Å²) in [5.74, 6) is -0.922. The molecule has 17 heavy (non-hydrogen) atoms. The molecule has 2 aromatic carbocycles. The molecule has 0 aromatic heterocycles. The van der Waals surface area contributed by atoms with Crippen molar-refractivity contribution in [2.45, 2.75) is 12.5 Å². The smallest absolute Gasteiger partial charge is 0.320 e. The summed E-state index contributed by atoms with van der Waals surface area (Å²) in [5.41, 5.74) is 6.25. The van der Waals surface area contributed by atoms with Crippen molar-refractivity contribution in [2.24, 2.45) is 5.73 Å². The van der Waals surface area contributed by atoms with Crippen LogP contribution in [0.3, 0.4) is 0 Å². The van der Waals surface area contributed by atoms with E-state index in [1.807, 2.05) is 24.3 Å². The van der Waals surface area contributed by atoms with E-state index in [1.54, 1.807) is 12.1 Å². The van der Waals surface area contributed by atoms with E-state index in [4.69, 9.17) is 10.8 Å². The van der Waals surface area contributed by atoms with E-state index in [1.165, 1.54) is 0 Å². The summed E-state index contributed by atoms with van der Waals surface area (Å²) in [5, 5.41) is 20.2. The number of hydrogen-bond donors (Lipinski definition) is 3. The van der Waals surface area contributed by atoms with E-state index in [9.17, 15) is 9.90 Å². The molecule has 0 aliphatic carbocycles. The predicted octanol–water partition coefficient (Wildman–Crippen LogP) is 1.50. The molecule has 0 saturated carbocycles. The van der Waals surface area contributed by atoms with E-state index < -0.39 is 12.0 Å². The van der Waals surface area contributed by atoms with Crippen LogP contribution in [0, 0.1) is 0 Å². The van der Waals surface area contributed by atoms with Crippen LogP contribution in [0.2, 0.25) is 0 Å². The average Bonchev–Trinajstić information content (AvgIpc) is 2.28. The quantitative estimate of drug-likeness (QED) is 0.747. The number of phenolic OH excluding ortho intramolecular Hbond substituents is 1. The van der Waals surface area contributed by atoms with E-state index >= 15 is 0 Å². The maximum atomic E-state index is 10.7. The molecule has 88 valence electrons. The zero-order valence-electron chi connectivity index (χ0n) is 9.13. The number of aliphatic carboxylic acids is 1. The van der Waals surface area contributed by atoms with Gasteiger partial charge >= 0.3 is 5.97 Å². The van der Waals surface area contributed by atoms with Crippen molar-refractivity contribution in [3.8, 4) is 5.75 Å². The van der Waals surface area contributed by atoms with E-state index in [0.717, 1.165) is 16.3 Å². The summed E-state index contributed by atoms with van der Waals surface area (Å²) in [7, 11) is 0. The zero-order chi connectivity index (χ0) is 12.4. The van der Waals surface area contributed by atoms with Gasteiger partial charge in [-0.05, 0) is 34.9 Å². The van der Waals surface area contributed by atoms with Crippen molar-refractivity contribution in [2.75, 3.05) is 0 Å². The minimum absolute atomic E-state index is 0.122. The first-order chi connectivity index (χ1) is 8.08. The number of carbonyl (C=O) groups is 1. The molecule has 0 aliphatic heterocycles. The van der Waals surface area contributed by atoms with E-state index in [-0.39, 0.29) is 12.2 Å². The van der Waals surface area contributed by atoms with Gasteiger partial charge < -0.3 is 15.9 Å². The maximum absolute atomic E-state index is 10.7. The summed E-state index contributed by atoms with van der Waals surface area (Å²) in [4.78, 5) is 10.7. The Kier molecular flexibility index (Phi) is 2.97. The molecule has 2 aromatic rings. The highest BCUT2D eigenvalue weighted by Crippen LogP contribution is 2.25. The highest BCUT2D eigenvalue weighted by Gasteiger charge is 2.14. The fourth-order valence-electron chi connectivity index (χ4n) is 1.87. The molecule has 0 heterocycles. The molecule has 4 N–H and O–H groups in total. The lowest BCUT2D eigenvalue weighted by molar-refractivity contribution is -0.138. The van der Waals surface area contributed by atoms with Crippen LogP contribution >= 0.6 is 0 Å². The largest absolute Gasteiger partial charge is 0.508 e. The standard InChI is InChI=1S/C13H13NO3/c14-12(13(16)17)7-9-6-10(15)5-8-3-1-2-4-11(8)9/h1-6,12,15H,7,14H2,(H,16,17). The summed E-state index contributed by atoms with van der Waals surface area (Å²) in [6.07, 6.45) is 0.199. The topological polar surface area (TPSA) is 83.5 Å². The van der Waals surface area contributed by atoms with Crippen molar-refractivity contribution in [3.05, 3.63) is 42.0 Å². The molecule has 0 amide bonds. The summed E-state index contributed by atoms with van der Waals surface area (Å²) in [6, 6.07) is 9.73. The number of benzene rings is 2. The van der Waals surface area contributed by atoms with Gasteiger partial charge in [0, 0.05) is 0 Å². The Morgan fingerprint density at radius 3 is 2.71 bits per heavy atom. The van der Waals surface area contributed by atoms with Crippen LogP contribution in [0.25, 0.3) is 10.8 Å². The lowest BCUT2D eigenvalue weighted by Crippen LogP contribution is -2.32. The fraction of sp³-hybridized carbons (Fsp3) is 0.154. The molecule has 1 atom stereocenters. The molecule has 1 unspecified atom stereocenters. The van der Waals surface area contributed by atoms with Crippen LogP contribution < -0.4 is 5.73 Å². The van der Waals surface area contributed by atoms with Gasteiger partial charge in [-0.3, -0.25) is 4.79 Å². The Morgan fingerprint density at radius 1 is 1.29 bits per heavy atom. The Hall–Kier alpha value is -2.07. The number of carboxylic acids is 1. The lowest BCUT2D eigenvalue weighted by Gasteiger charge is -2.10. The molecule has 0 bridgehead atoms. The number of hydrogen-bond acceptors (Lipinski definition) is 3. The molecule has 4 nitrogen and oxygen atoms in total. The number of fused-ring (bicyclic) bond motifs is 1. The third kappa shape index (κ3) is 2.37. The number of carboxylic acid groups (broad SMARTS) is 1. The molecule has 0 aliphatic rings. The normalized spacial score (nSPS) is 12.5. The van der Waals surface area contributed by atoms with Gasteiger partial charge in [-0.15, -0.1) is 0 Å². The molecular weight excluding hydrogens is 218 g/mol. The maximum Gasteiger partial charge on any atom is 0.320 e. The first kappa shape index (κ1) is 11.4. The van der Waals surface area contributed by atoms with Gasteiger partial charge in [-0.2, -0.15) is 0 Å². The van der Waals surface area contributed by atoms with Crippen molar-refractivity contribution in [1.82, 2.24) is 0 Å². The van der Waals surface area contributed by atoms with Crippen molar-refractivity contribution in [1.29, 1.82) is 0 Å². The van der Waals surface area contributed by atoms with Gasteiger partial charge in [0.05, 0.1) is 0 Å². The minimum atomic E-state index is -1.04. The summed E-state index contributed by atoms with van der Waals surface area (Å²) >= 11 is 0. The Bertz CT molecular complexity index is 566. The second-order valence-corrected chi connectivity index (χ2v) is 3.97. The van der Waals surface area contributed by atoms with E-state index in [0.29, 0.717) is 0 Å². The van der Waals surface area contributed by atoms with Crippen LogP contribution in [-0.4, -0.2) is 22.2 Å². The summed E-state index contributed by atoms with van der Waals surface area (Å²) in [6.45, 7) is 0.